The standard InChI is InChI=1S/C15H15N3O7S/c1-24-11-5-3-10(4-6-11)15(19)16-17-26(22,23)14-8-7-12(25-2)9-13(14)18(20)21/h3-9,17H,1-2H3,(H,16,19). The molecule has 0 bridgehead atoms. The molecule has 0 spiro atoms. The largest absolute Gasteiger partial charge is 0.497 e. The van der Waals surface area contributed by atoms with Gasteiger partial charge in [-0.1, -0.05) is 0 Å². The second-order valence-electron chi connectivity index (χ2n) is 4.88. The van der Waals surface area contributed by atoms with Crippen molar-refractivity contribution >= 4 is 21.6 Å². The zero-order valence-electron chi connectivity index (χ0n) is 13.8. The number of carbonyl (C=O) groups is 1. The van der Waals surface area contributed by atoms with Crippen LogP contribution in [0.3, 0.4) is 0 Å². The van der Waals surface area contributed by atoms with Crippen LogP contribution in [-0.4, -0.2) is 33.5 Å². The lowest BCUT2D eigenvalue weighted by molar-refractivity contribution is -0.387. The van der Waals surface area contributed by atoms with Gasteiger partial charge in [0, 0.05) is 5.56 Å². The van der Waals surface area contributed by atoms with Crippen molar-refractivity contribution < 1.29 is 27.6 Å². The highest BCUT2D eigenvalue weighted by Crippen LogP contribution is 2.27. The van der Waals surface area contributed by atoms with Gasteiger partial charge in [-0.3, -0.25) is 20.3 Å². The average molecular weight is 381 g/mol. The third kappa shape index (κ3) is 4.26. The summed E-state index contributed by atoms with van der Waals surface area (Å²) in [5, 5.41) is 11.1. The Balaban J connectivity index is 2.20. The zero-order valence-corrected chi connectivity index (χ0v) is 14.6. The van der Waals surface area contributed by atoms with Gasteiger partial charge in [-0.2, -0.15) is 0 Å². The number of methoxy groups -OCH3 is 2. The molecule has 0 aliphatic carbocycles. The second kappa shape index (κ2) is 7.80. The molecule has 10 nitrogen and oxygen atoms in total. The summed E-state index contributed by atoms with van der Waals surface area (Å²) in [4.78, 5) is 23.5. The maximum absolute atomic E-state index is 12.3. The van der Waals surface area contributed by atoms with Gasteiger partial charge in [0.2, 0.25) is 0 Å². The molecule has 26 heavy (non-hydrogen) atoms. The molecule has 2 rings (SSSR count). The predicted octanol–water partition coefficient (Wildman–Crippen LogP) is 1.24. The first kappa shape index (κ1) is 19.1. The number of nitro groups is 1. The third-order valence-corrected chi connectivity index (χ3v) is 4.60. The molecule has 2 N–H and O–H groups in total. The number of nitrogens with one attached hydrogen (secondary N) is 2. The summed E-state index contributed by atoms with van der Waals surface area (Å²) in [6.45, 7) is 0. The fourth-order valence-corrected chi connectivity index (χ4v) is 2.97. The monoisotopic (exact) mass is 381 g/mol. The fraction of sp³-hybridized carbons (Fsp3) is 0.133. The topological polar surface area (TPSA) is 137 Å². The van der Waals surface area contributed by atoms with Crippen LogP contribution in [0.5, 0.6) is 11.5 Å². The van der Waals surface area contributed by atoms with Crippen molar-refractivity contribution in [3.8, 4) is 11.5 Å². The number of benzene rings is 2. The summed E-state index contributed by atoms with van der Waals surface area (Å²) in [7, 11) is -1.63. The molecule has 1 amide bonds. The van der Waals surface area contributed by atoms with E-state index in [1.54, 1.807) is 0 Å². The summed E-state index contributed by atoms with van der Waals surface area (Å²) in [6, 6.07) is 9.15. The summed E-state index contributed by atoms with van der Waals surface area (Å²) >= 11 is 0. The molecular formula is C15H15N3O7S. The van der Waals surface area contributed by atoms with E-state index in [0.29, 0.717) is 5.75 Å². The van der Waals surface area contributed by atoms with E-state index in [9.17, 15) is 23.3 Å². The average Bonchev–Trinajstić information content (AvgIpc) is 2.65. The molecule has 0 saturated carbocycles. The SMILES string of the molecule is COc1ccc(C(=O)NNS(=O)(=O)c2ccc(OC)cc2[N+](=O)[O-])cc1. The van der Waals surface area contributed by atoms with E-state index in [2.05, 4.69) is 0 Å². The molecule has 0 unspecified atom stereocenters. The minimum Gasteiger partial charge on any atom is -0.497 e. The molecule has 0 aliphatic rings. The molecule has 0 fully saturated rings. The number of sulfonamides is 1. The first-order valence-electron chi connectivity index (χ1n) is 7.07. The number of carbonyl (C=O) groups excluding carboxylic acids is 1. The third-order valence-electron chi connectivity index (χ3n) is 3.30. The minimum atomic E-state index is -4.38. The molecule has 2 aromatic rings. The van der Waals surface area contributed by atoms with Gasteiger partial charge in [0.05, 0.1) is 25.2 Å². The summed E-state index contributed by atoms with van der Waals surface area (Å²) in [5.41, 5.74) is 1.48. The van der Waals surface area contributed by atoms with Gasteiger partial charge in [0.25, 0.3) is 21.6 Å². The molecule has 0 aliphatic heterocycles. The van der Waals surface area contributed by atoms with Crippen LogP contribution in [0.2, 0.25) is 0 Å². The van der Waals surface area contributed by atoms with Crippen molar-refractivity contribution in [2.75, 3.05) is 14.2 Å². The molecular weight excluding hydrogens is 366 g/mol. The number of nitrogens with zero attached hydrogens (tertiary/aromatic N) is 1. The Hall–Kier alpha value is -3.18. The normalized spacial score (nSPS) is 10.8. The predicted molar refractivity (Wildman–Crippen MR) is 90.4 cm³/mol. The Bertz CT molecular complexity index is 927. The van der Waals surface area contributed by atoms with Crippen LogP contribution >= 0.6 is 0 Å². The Morgan fingerprint density at radius 2 is 1.62 bits per heavy atom. The number of nitro benzene ring substituents is 1. The Labute approximate surface area is 148 Å². The van der Waals surface area contributed by atoms with E-state index in [0.717, 1.165) is 12.1 Å². The summed E-state index contributed by atoms with van der Waals surface area (Å²) in [5.74, 6) is -0.0960. The lowest BCUT2D eigenvalue weighted by Gasteiger charge is -2.10. The van der Waals surface area contributed by atoms with Crippen LogP contribution in [0.15, 0.2) is 47.4 Å². The van der Waals surface area contributed by atoms with Crippen LogP contribution in [0.1, 0.15) is 10.4 Å². The number of hydrogen-bond donors (Lipinski definition) is 2. The van der Waals surface area contributed by atoms with Crippen LogP contribution < -0.4 is 19.7 Å². The van der Waals surface area contributed by atoms with Gasteiger partial charge < -0.3 is 9.47 Å². The van der Waals surface area contributed by atoms with E-state index in [4.69, 9.17) is 9.47 Å². The quantitative estimate of drug-likeness (QED) is 0.543. The molecule has 138 valence electrons. The lowest BCUT2D eigenvalue weighted by Crippen LogP contribution is -2.41. The Morgan fingerprint density at radius 1 is 1.04 bits per heavy atom. The van der Waals surface area contributed by atoms with Crippen molar-refractivity contribution in [2.24, 2.45) is 0 Å². The fourth-order valence-electron chi connectivity index (χ4n) is 1.98. The van der Waals surface area contributed by atoms with Crippen molar-refractivity contribution in [1.82, 2.24) is 10.3 Å². The Kier molecular flexibility index (Phi) is 5.75. The van der Waals surface area contributed by atoms with E-state index < -0.39 is 31.4 Å². The highest BCUT2D eigenvalue weighted by molar-refractivity contribution is 7.89. The molecule has 0 aromatic heterocycles. The van der Waals surface area contributed by atoms with E-state index >= 15 is 0 Å². The van der Waals surface area contributed by atoms with Gasteiger partial charge in [-0.25, -0.2) is 8.42 Å². The molecule has 2 aromatic carbocycles. The minimum absolute atomic E-state index is 0.123. The van der Waals surface area contributed by atoms with Crippen LogP contribution in [0.4, 0.5) is 5.69 Å². The smallest absolute Gasteiger partial charge is 0.293 e. The number of ether oxygens (including phenoxy) is 2. The van der Waals surface area contributed by atoms with Gasteiger partial charge in [0.1, 0.15) is 11.5 Å². The van der Waals surface area contributed by atoms with Gasteiger partial charge in [-0.15, -0.1) is 4.83 Å². The van der Waals surface area contributed by atoms with E-state index in [-0.39, 0.29) is 11.3 Å². The van der Waals surface area contributed by atoms with Crippen molar-refractivity contribution in [3.63, 3.8) is 0 Å². The molecule has 0 radical (unpaired) electrons. The highest BCUT2D eigenvalue weighted by Gasteiger charge is 2.27. The maximum atomic E-state index is 12.3. The number of rotatable bonds is 7. The molecule has 11 heteroatoms. The summed E-state index contributed by atoms with van der Waals surface area (Å²) < 4.78 is 34.4. The number of hydrazine groups is 1. The highest BCUT2D eigenvalue weighted by atomic mass is 32.2. The first-order valence-corrected chi connectivity index (χ1v) is 8.55. The van der Waals surface area contributed by atoms with Crippen molar-refractivity contribution in [2.45, 2.75) is 4.90 Å². The number of hydrogen-bond acceptors (Lipinski definition) is 7. The van der Waals surface area contributed by atoms with Gasteiger partial charge in [-0.05, 0) is 36.4 Å². The lowest BCUT2D eigenvalue weighted by atomic mass is 10.2. The van der Waals surface area contributed by atoms with Crippen molar-refractivity contribution in [1.29, 1.82) is 0 Å². The van der Waals surface area contributed by atoms with E-state index in [1.165, 1.54) is 44.6 Å². The summed E-state index contributed by atoms with van der Waals surface area (Å²) in [6.07, 6.45) is 0. The second-order valence-corrected chi connectivity index (χ2v) is 6.53. The molecule has 0 atom stereocenters. The van der Waals surface area contributed by atoms with Crippen molar-refractivity contribution in [3.05, 3.63) is 58.1 Å². The molecule has 0 saturated heterocycles. The van der Waals surface area contributed by atoms with Gasteiger partial charge in [0.15, 0.2) is 4.90 Å². The number of amides is 1. The van der Waals surface area contributed by atoms with Gasteiger partial charge >= 0.3 is 0 Å². The first-order chi connectivity index (χ1) is 12.3. The molecule has 0 heterocycles. The van der Waals surface area contributed by atoms with Crippen LogP contribution in [-0.2, 0) is 10.0 Å². The van der Waals surface area contributed by atoms with Crippen LogP contribution in [0.25, 0.3) is 0 Å². The Morgan fingerprint density at radius 3 is 2.15 bits per heavy atom. The van der Waals surface area contributed by atoms with E-state index in [1.807, 2.05) is 10.3 Å². The zero-order chi connectivity index (χ0) is 19.3. The maximum Gasteiger partial charge on any atom is 0.293 e. The van der Waals surface area contributed by atoms with Crippen LogP contribution in [0, 0.1) is 10.1 Å².